The van der Waals surface area contributed by atoms with Gasteiger partial charge in [0, 0.05) is 53.8 Å². The Labute approximate surface area is 282 Å². The Morgan fingerprint density at radius 3 is 2.00 bits per heavy atom. The van der Waals surface area contributed by atoms with Crippen molar-refractivity contribution < 1.29 is 30.8 Å². The predicted octanol–water partition coefficient (Wildman–Crippen LogP) is 5.68. The summed E-state index contributed by atoms with van der Waals surface area (Å²) in [6.45, 7) is 7.74. The van der Waals surface area contributed by atoms with Crippen LogP contribution in [-0.4, -0.2) is 66.8 Å². The van der Waals surface area contributed by atoms with Crippen molar-refractivity contribution in [3.05, 3.63) is 71.3 Å². The van der Waals surface area contributed by atoms with Crippen molar-refractivity contribution >= 4 is 54.2 Å². The number of aryl methyl sites for hydroxylation is 1. The molecule has 0 unspecified atom stereocenters. The Hall–Kier alpha value is -4.36. The van der Waals surface area contributed by atoms with E-state index in [0.29, 0.717) is 52.7 Å². The van der Waals surface area contributed by atoms with E-state index in [-0.39, 0.29) is 35.6 Å². The van der Waals surface area contributed by atoms with Gasteiger partial charge in [0.2, 0.25) is 20.0 Å². The summed E-state index contributed by atoms with van der Waals surface area (Å²) in [7, 11) is -6.07. The minimum atomic E-state index is -3.83. The largest absolute Gasteiger partial charge is 0.455 e. The number of furan rings is 1. The first-order valence-electron chi connectivity index (χ1n) is 15.7. The standard InChI is InChI=1S/C35H42N4O7S2/c1-22-11-13-23(14-12-22)32-31(34(41)36-5)28-20-27-24-17-25(33(40)37-35(2,3)4)19-26(18-24)38(47(6,42)43)15-9-8-10-16-39(48(7,44)45)29(27)21-30(28)46-32/h11-14,17-21H,8-10,15-16H2,1-7H3,(H,36,41)(H,37,40). The first kappa shape index (κ1) is 35.0. The Morgan fingerprint density at radius 1 is 0.792 bits per heavy atom. The Kier molecular flexibility index (Phi) is 9.41. The second kappa shape index (κ2) is 12.9. The molecule has 1 aliphatic heterocycles. The number of hydrogen-bond donors (Lipinski definition) is 2. The number of hydrogen-bond acceptors (Lipinski definition) is 7. The molecule has 2 bridgehead atoms. The molecule has 0 atom stereocenters. The average Bonchev–Trinajstić information content (AvgIpc) is 3.35. The SMILES string of the molecule is CNC(=O)c1c(-c2ccc(C)cc2)oc2cc3c(cc12)-c1cc(C(=O)NC(C)(C)C)cc(c1)N(S(C)(=O)=O)CCCCCN3S(C)(=O)=O. The van der Waals surface area contributed by atoms with E-state index in [0.717, 1.165) is 18.1 Å². The maximum atomic E-state index is 13.6. The fourth-order valence-corrected chi connectivity index (χ4v) is 7.84. The van der Waals surface area contributed by atoms with Crippen molar-refractivity contribution in [2.75, 3.05) is 41.3 Å². The smallest absolute Gasteiger partial charge is 0.255 e. The zero-order valence-electron chi connectivity index (χ0n) is 28.3. The van der Waals surface area contributed by atoms with E-state index < -0.39 is 37.4 Å². The number of nitrogens with one attached hydrogen (secondary N) is 2. The van der Waals surface area contributed by atoms with Crippen molar-refractivity contribution in [3.63, 3.8) is 0 Å². The van der Waals surface area contributed by atoms with Gasteiger partial charge in [0.05, 0.1) is 29.4 Å². The Balaban J connectivity index is 1.91. The summed E-state index contributed by atoms with van der Waals surface area (Å²) in [6.07, 6.45) is 3.74. The van der Waals surface area contributed by atoms with Crippen LogP contribution in [0.1, 0.15) is 66.3 Å². The number of rotatable bonds is 5. The molecular weight excluding hydrogens is 653 g/mol. The molecule has 5 rings (SSSR count). The lowest BCUT2D eigenvalue weighted by Gasteiger charge is -2.28. The number of fused-ring (bicyclic) bond motifs is 5. The fraction of sp³-hybridized carbons (Fsp3) is 0.371. The molecule has 1 aliphatic rings. The molecule has 2 N–H and O–H groups in total. The van der Waals surface area contributed by atoms with Crippen LogP contribution in [0.15, 0.2) is 59.0 Å². The molecule has 11 nitrogen and oxygen atoms in total. The number of benzene rings is 3. The number of amides is 2. The molecule has 0 radical (unpaired) electrons. The van der Waals surface area contributed by atoms with Gasteiger partial charge < -0.3 is 15.1 Å². The highest BCUT2D eigenvalue weighted by Gasteiger charge is 2.29. The summed E-state index contributed by atoms with van der Waals surface area (Å²) in [5.41, 5.74) is 3.18. The number of carbonyl (C=O) groups excluding carboxylic acids is 2. The summed E-state index contributed by atoms with van der Waals surface area (Å²) in [5, 5.41) is 6.06. The van der Waals surface area contributed by atoms with Crippen LogP contribution in [0.2, 0.25) is 0 Å². The van der Waals surface area contributed by atoms with E-state index in [9.17, 15) is 26.4 Å². The van der Waals surface area contributed by atoms with Crippen molar-refractivity contribution in [2.45, 2.75) is 52.5 Å². The molecule has 1 aromatic heterocycles. The molecule has 4 aromatic rings. The summed E-state index contributed by atoms with van der Waals surface area (Å²) >= 11 is 0. The highest BCUT2D eigenvalue weighted by molar-refractivity contribution is 7.92. The van der Waals surface area contributed by atoms with E-state index in [4.69, 9.17) is 4.42 Å². The monoisotopic (exact) mass is 694 g/mol. The molecule has 0 saturated heterocycles. The lowest BCUT2D eigenvalue weighted by atomic mass is 9.96. The topological polar surface area (TPSA) is 146 Å². The first-order valence-corrected chi connectivity index (χ1v) is 19.4. The van der Waals surface area contributed by atoms with E-state index in [1.54, 1.807) is 24.3 Å². The summed E-state index contributed by atoms with van der Waals surface area (Å²) in [5.74, 6) is -0.511. The highest BCUT2D eigenvalue weighted by Crippen LogP contribution is 2.43. The van der Waals surface area contributed by atoms with Gasteiger partial charge in [-0.1, -0.05) is 29.8 Å². The molecule has 13 heteroatoms. The van der Waals surface area contributed by atoms with Gasteiger partial charge in [0.25, 0.3) is 11.8 Å². The van der Waals surface area contributed by atoms with E-state index in [1.165, 1.54) is 21.7 Å². The minimum Gasteiger partial charge on any atom is -0.455 e. The maximum absolute atomic E-state index is 13.6. The fourth-order valence-electron chi connectivity index (χ4n) is 5.92. The Morgan fingerprint density at radius 2 is 1.42 bits per heavy atom. The van der Waals surface area contributed by atoms with Gasteiger partial charge in [-0.05, 0) is 76.8 Å². The van der Waals surface area contributed by atoms with Crippen molar-refractivity contribution in [1.82, 2.24) is 10.6 Å². The first-order chi connectivity index (χ1) is 22.4. The quantitative estimate of drug-likeness (QED) is 0.273. The Bertz CT molecular complexity index is 2110. The predicted molar refractivity (Wildman–Crippen MR) is 191 cm³/mol. The molecule has 0 spiro atoms. The van der Waals surface area contributed by atoms with E-state index in [2.05, 4.69) is 10.6 Å². The van der Waals surface area contributed by atoms with Gasteiger partial charge in [-0.2, -0.15) is 0 Å². The van der Waals surface area contributed by atoms with Gasteiger partial charge in [-0.3, -0.25) is 18.2 Å². The van der Waals surface area contributed by atoms with Gasteiger partial charge in [-0.25, -0.2) is 16.8 Å². The highest BCUT2D eigenvalue weighted by atomic mass is 32.2. The molecule has 256 valence electrons. The normalized spacial score (nSPS) is 14.6. The van der Waals surface area contributed by atoms with Gasteiger partial charge in [-0.15, -0.1) is 0 Å². The number of carbonyl (C=O) groups is 2. The lowest BCUT2D eigenvalue weighted by molar-refractivity contribution is 0.0918. The second-order valence-electron chi connectivity index (χ2n) is 13.3. The summed E-state index contributed by atoms with van der Waals surface area (Å²) in [4.78, 5) is 27.0. The summed E-state index contributed by atoms with van der Waals surface area (Å²) < 4.78 is 62.0. The van der Waals surface area contributed by atoms with Crippen LogP contribution in [0.4, 0.5) is 11.4 Å². The third-order valence-corrected chi connectivity index (χ3v) is 10.5. The molecule has 48 heavy (non-hydrogen) atoms. The third-order valence-electron chi connectivity index (χ3n) is 8.13. The van der Waals surface area contributed by atoms with Gasteiger partial charge >= 0.3 is 0 Å². The van der Waals surface area contributed by atoms with E-state index >= 15 is 0 Å². The van der Waals surface area contributed by atoms with Crippen LogP contribution in [0.3, 0.4) is 0 Å². The third kappa shape index (κ3) is 7.36. The van der Waals surface area contributed by atoms with Crippen LogP contribution < -0.4 is 19.2 Å². The van der Waals surface area contributed by atoms with Crippen molar-refractivity contribution in [2.24, 2.45) is 0 Å². The van der Waals surface area contributed by atoms with Crippen LogP contribution in [0.25, 0.3) is 33.4 Å². The molecule has 0 fully saturated rings. The number of sulfonamides is 2. The van der Waals surface area contributed by atoms with Crippen molar-refractivity contribution in [1.29, 1.82) is 0 Å². The number of nitrogens with zero attached hydrogens (tertiary/aromatic N) is 2. The average molecular weight is 695 g/mol. The van der Waals surface area contributed by atoms with Crippen LogP contribution in [-0.2, 0) is 20.0 Å². The van der Waals surface area contributed by atoms with Gasteiger partial charge in [0.1, 0.15) is 11.3 Å². The van der Waals surface area contributed by atoms with E-state index in [1.807, 2.05) is 52.0 Å². The van der Waals surface area contributed by atoms with Gasteiger partial charge in [0.15, 0.2) is 0 Å². The zero-order valence-corrected chi connectivity index (χ0v) is 29.9. The van der Waals surface area contributed by atoms with Crippen molar-refractivity contribution in [3.8, 4) is 22.5 Å². The zero-order chi connectivity index (χ0) is 35.2. The summed E-state index contributed by atoms with van der Waals surface area (Å²) in [6, 6.07) is 15.6. The lowest BCUT2D eigenvalue weighted by Crippen LogP contribution is -2.40. The maximum Gasteiger partial charge on any atom is 0.255 e. The van der Waals surface area contributed by atoms with Crippen LogP contribution in [0.5, 0.6) is 0 Å². The molecular formula is C35H42N4O7S2. The molecule has 3 aromatic carbocycles. The molecule has 0 saturated carbocycles. The minimum absolute atomic E-state index is 0.126. The molecule has 0 aliphatic carbocycles. The van der Waals surface area contributed by atoms with Crippen LogP contribution >= 0.6 is 0 Å². The molecule has 2 amide bonds. The number of anilines is 2. The molecule has 2 heterocycles. The second-order valence-corrected chi connectivity index (χ2v) is 17.1. The van der Waals surface area contributed by atoms with Crippen LogP contribution in [0, 0.1) is 6.92 Å².